The second-order valence-electron chi connectivity index (χ2n) is 6.08. The molecule has 6 nitrogen and oxygen atoms in total. The molecule has 1 fully saturated rings. The molecule has 1 aromatic heterocycles. The Morgan fingerprint density at radius 2 is 2.18 bits per heavy atom. The van der Waals surface area contributed by atoms with Crippen LogP contribution in [0.2, 0.25) is 0 Å². The van der Waals surface area contributed by atoms with Crippen molar-refractivity contribution < 1.29 is 9.63 Å². The summed E-state index contributed by atoms with van der Waals surface area (Å²) < 4.78 is 5.28. The molecule has 0 saturated heterocycles. The Labute approximate surface area is 149 Å². The lowest BCUT2D eigenvalue weighted by atomic mass is 10.1. The van der Waals surface area contributed by atoms with Gasteiger partial charge >= 0.3 is 0 Å². The summed E-state index contributed by atoms with van der Waals surface area (Å²) in [7, 11) is 0. The molecule has 1 aromatic rings. The van der Waals surface area contributed by atoms with Crippen LogP contribution in [0, 0.1) is 5.41 Å². The first kappa shape index (κ1) is 19.2. The minimum Gasteiger partial charge on any atom is -0.396 e. The van der Waals surface area contributed by atoms with Crippen molar-refractivity contribution >= 4 is 29.9 Å². The number of aromatic nitrogens is 1. The van der Waals surface area contributed by atoms with Gasteiger partial charge in [-0.05, 0) is 25.7 Å². The number of aliphatic hydroxyl groups excluding tert-OH is 1. The van der Waals surface area contributed by atoms with Gasteiger partial charge < -0.3 is 20.3 Å². The lowest BCUT2D eigenvalue weighted by Crippen LogP contribution is -2.41. The molecule has 1 aliphatic rings. The van der Waals surface area contributed by atoms with E-state index in [1.54, 1.807) is 0 Å². The highest BCUT2D eigenvalue weighted by Gasteiger charge is 2.41. The van der Waals surface area contributed by atoms with E-state index < -0.39 is 0 Å². The molecule has 1 heterocycles. The maximum atomic E-state index is 9.34. The fraction of sp³-hybridized carbons (Fsp3) is 0.733. The van der Waals surface area contributed by atoms with Crippen LogP contribution in [-0.4, -0.2) is 35.9 Å². The highest BCUT2D eigenvalue weighted by atomic mass is 127. The monoisotopic (exact) mass is 422 g/mol. The van der Waals surface area contributed by atoms with E-state index in [0.29, 0.717) is 12.5 Å². The lowest BCUT2D eigenvalue weighted by Gasteiger charge is -2.16. The zero-order valence-corrected chi connectivity index (χ0v) is 15.9. The first-order valence-corrected chi connectivity index (χ1v) is 7.67. The Morgan fingerprint density at radius 1 is 1.45 bits per heavy atom. The van der Waals surface area contributed by atoms with E-state index >= 15 is 0 Å². The Kier molecular flexibility index (Phi) is 7.61. The summed E-state index contributed by atoms with van der Waals surface area (Å²) in [5, 5.41) is 19.9. The maximum Gasteiger partial charge on any atom is 0.191 e. The molecule has 0 radical (unpaired) electrons. The Morgan fingerprint density at radius 3 is 2.68 bits per heavy atom. The molecule has 3 N–H and O–H groups in total. The normalized spacial score (nSPS) is 16.3. The molecule has 0 spiro atoms. The molecule has 0 aromatic carbocycles. The molecular formula is C15H27IN4O2. The molecular weight excluding hydrogens is 395 g/mol. The number of nitrogens with one attached hydrogen (secondary N) is 2. The van der Waals surface area contributed by atoms with Gasteiger partial charge in [0.25, 0.3) is 0 Å². The van der Waals surface area contributed by atoms with Crippen LogP contribution in [0.15, 0.2) is 15.6 Å². The van der Waals surface area contributed by atoms with Crippen LogP contribution in [0.4, 0.5) is 0 Å². The molecule has 0 bridgehead atoms. The van der Waals surface area contributed by atoms with Crippen LogP contribution in [0.1, 0.15) is 51.0 Å². The van der Waals surface area contributed by atoms with Crippen molar-refractivity contribution in [3.63, 3.8) is 0 Å². The second kappa shape index (κ2) is 8.71. The summed E-state index contributed by atoms with van der Waals surface area (Å²) in [6, 6.07) is 1.95. The van der Waals surface area contributed by atoms with Gasteiger partial charge in [-0.15, -0.1) is 24.0 Å². The molecule has 0 amide bonds. The van der Waals surface area contributed by atoms with E-state index in [2.05, 4.69) is 34.6 Å². The van der Waals surface area contributed by atoms with Gasteiger partial charge in [0, 0.05) is 24.6 Å². The van der Waals surface area contributed by atoms with E-state index in [4.69, 9.17) is 4.52 Å². The van der Waals surface area contributed by atoms with E-state index in [1.165, 1.54) is 0 Å². The first-order chi connectivity index (χ1) is 10.1. The minimum absolute atomic E-state index is 0. The van der Waals surface area contributed by atoms with Crippen molar-refractivity contribution in [3.05, 3.63) is 17.5 Å². The molecule has 126 valence electrons. The number of aliphatic imine (C=N–C) groups is 1. The zero-order valence-electron chi connectivity index (χ0n) is 13.6. The van der Waals surface area contributed by atoms with Gasteiger partial charge in [0.05, 0.1) is 12.3 Å². The number of hydrogen-bond donors (Lipinski definition) is 3. The molecule has 1 saturated carbocycles. The Balaban J connectivity index is 0.00000242. The van der Waals surface area contributed by atoms with Gasteiger partial charge in [-0.1, -0.05) is 19.0 Å². The molecule has 0 atom stereocenters. The predicted octanol–water partition coefficient (Wildman–Crippen LogP) is 2.24. The highest BCUT2D eigenvalue weighted by molar-refractivity contribution is 14.0. The second-order valence-corrected chi connectivity index (χ2v) is 6.08. The average molecular weight is 422 g/mol. The smallest absolute Gasteiger partial charge is 0.191 e. The molecule has 0 aliphatic heterocycles. The van der Waals surface area contributed by atoms with Crippen molar-refractivity contribution in [1.82, 2.24) is 15.8 Å². The fourth-order valence-corrected chi connectivity index (χ4v) is 2.01. The third-order valence-electron chi connectivity index (χ3n) is 3.83. The van der Waals surface area contributed by atoms with Gasteiger partial charge in [-0.25, -0.2) is 4.99 Å². The summed E-state index contributed by atoms with van der Waals surface area (Å²) in [5.41, 5.74) is 1.02. The van der Waals surface area contributed by atoms with Gasteiger partial charge in [-0.2, -0.15) is 0 Å². The molecule has 7 heteroatoms. The van der Waals surface area contributed by atoms with Crippen LogP contribution >= 0.6 is 24.0 Å². The zero-order chi connectivity index (χ0) is 15.3. The largest absolute Gasteiger partial charge is 0.396 e. The minimum atomic E-state index is 0. The SMILES string of the molecule is CCNC(=NCc1cc(C(C)C)no1)NCC1(CO)CC1.I. The molecule has 22 heavy (non-hydrogen) atoms. The average Bonchev–Trinajstić information content (AvgIpc) is 3.10. The highest BCUT2D eigenvalue weighted by Crippen LogP contribution is 2.44. The van der Waals surface area contributed by atoms with E-state index in [-0.39, 0.29) is 36.0 Å². The number of hydrogen-bond acceptors (Lipinski definition) is 4. The van der Waals surface area contributed by atoms with Crippen LogP contribution < -0.4 is 10.6 Å². The third-order valence-corrected chi connectivity index (χ3v) is 3.83. The number of guanidine groups is 1. The van der Waals surface area contributed by atoms with Crippen molar-refractivity contribution in [2.45, 2.75) is 46.1 Å². The van der Waals surface area contributed by atoms with Gasteiger partial charge in [0.2, 0.25) is 0 Å². The van der Waals surface area contributed by atoms with Crippen LogP contribution in [-0.2, 0) is 6.54 Å². The van der Waals surface area contributed by atoms with Crippen molar-refractivity contribution in [2.75, 3.05) is 19.7 Å². The summed E-state index contributed by atoms with van der Waals surface area (Å²) in [5.74, 6) is 1.87. The number of rotatable bonds is 7. The maximum absolute atomic E-state index is 9.34. The first-order valence-electron chi connectivity index (χ1n) is 7.67. The molecule has 1 aliphatic carbocycles. The van der Waals surface area contributed by atoms with Crippen molar-refractivity contribution in [3.8, 4) is 0 Å². The number of halogens is 1. The van der Waals surface area contributed by atoms with Gasteiger partial charge in [0.1, 0.15) is 6.54 Å². The summed E-state index contributed by atoms with van der Waals surface area (Å²) >= 11 is 0. The van der Waals surface area contributed by atoms with E-state index in [0.717, 1.165) is 43.3 Å². The topological polar surface area (TPSA) is 82.7 Å². The van der Waals surface area contributed by atoms with Crippen LogP contribution in [0.3, 0.4) is 0 Å². The van der Waals surface area contributed by atoms with Crippen molar-refractivity contribution in [2.24, 2.45) is 10.4 Å². The van der Waals surface area contributed by atoms with Crippen molar-refractivity contribution in [1.29, 1.82) is 0 Å². The quantitative estimate of drug-likeness (QED) is 0.357. The summed E-state index contributed by atoms with van der Waals surface area (Å²) in [6.07, 6.45) is 2.16. The van der Waals surface area contributed by atoms with E-state index in [1.807, 2.05) is 13.0 Å². The van der Waals surface area contributed by atoms with Gasteiger partial charge in [-0.3, -0.25) is 0 Å². The summed E-state index contributed by atoms with van der Waals surface area (Å²) in [6.45, 7) is 8.44. The van der Waals surface area contributed by atoms with Crippen LogP contribution in [0.25, 0.3) is 0 Å². The summed E-state index contributed by atoms with van der Waals surface area (Å²) in [4.78, 5) is 4.50. The Bertz CT molecular complexity index is 484. The van der Waals surface area contributed by atoms with Crippen LogP contribution in [0.5, 0.6) is 0 Å². The van der Waals surface area contributed by atoms with E-state index in [9.17, 15) is 5.11 Å². The molecule has 2 rings (SSSR count). The predicted molar refractivity (Wildman–Crippen MR) is 97.6 cm³/mol. The molecule has 0 unspecified atom stereocenters. The van der Waals surface area contributed by atoms with Gasteiger partial charge in [0.15, 0.2) is 11.7 Å². The standard InChI is InChI=1S/C15H26N4O2.HI/c1-4-16-14(18-9-15(10-20)5-6-15)17-8-12-7-13(11(2)3)19-21-12;/h7,11,20H,4-6,8-10H2,1-3H3,(H2,16,17,18);1H. The number of nitrogens with zero attached hydrogens (tertiary/aromatic N) is 2. The fourth-order valence-electron chi connectivity index (χ4n) is 2.01. The number of aliphatic hydroxyl groups is 1. The lowest BCUT2D eigenvalue weighted by molar-refractivity contribution is 0.212. The third kappa shape index (κ3) is 5.42. The Hall–Kier alpha value is -0.830.